The predicted molar refractivity (Wildman–Crippen MR) is 79.0 cm³/mol. The second-order valence-corrected chi connectivity index (χ2v) is 6.35. The van der Waals surface area contributed by atoms with Crippen LogP contribution in [0.3, 0.4) is 0 Å². The average molecular weight is 363 g/mol. The Bertz CT molecular complexity index is 406. The molecule has 1 heterocycles. The monoisotopic (exact) mass is 361 g/mol. The SMILES string of the molecule is CC1(C)COCCN1c1ccc(CBr)cc1Br. The highest BCUT2D eigenvalue weighted by atomic mass is 79.9. The molecule has 1 aromatic carbocycles. The van der Waals surface area contributed by atoms with Gasteiger partial charge < -0.3 is 9.64 Å². The lowest BCUT2D eigenvalue weighted by molar-refractivity contribution is 0.0643. The van der Waals surface area contributed by atoms with Gasteiger partial charge in [-0.15, -0.1) is 0 Å². The van der Waals surface area contributed by atoms with Gasteiger partial charge in [-0.3, -0.25) is 0 Å². The van der Waals surface area contributed by atoms with Crippen molar-refractivity contribution >= 4 is 37.5 Å². The standard InChI is InChI=1S/C13H17Br2NO/c1-13(2)9-17-6-5-16(13)12-4-3-10(8-14)7-11(12)15/h3-4,7H,5-6,8-9H2,1-2H3. The first-order valence-electron chi connectivity index (χ1n) is 5.74. The van der Waals surface area contributed by atoms with Crippen LogP contribution in [0.1, 0.15) is 19.4 Å². The van der Waals surface area contributed by atoms with Crippen molar-refractivity contribution in [3.63, 3.8) is 0 Å². The van der Waals surface area contributed by atoms with Gasteiger partial charge in [-0.25, -0.2) is 0 Å². The van der Waals surface area contributed by atoms with Crippen LogP contribution < -0.4 is 4.90 Å². The van der Waals surface area contributed by atoms with Gasteiger partial charge in [0.15, 0.2) is 0 Å². The Morgan fingerprint density at radius 2 is 2.18 bits per heavy atom. The van der Waals surface area contributed by atoms with Gasteiger partial charge in [0.05, 0.1) is 24.4 Å². The molecule has 1 fully saturated rings. The van der Waals surface area contributed by atoms with Gasteiger partial charge in [0.2, 0.25) is 0 Å². The van der Waals surface area contributed by atoms with Gasteiger partial charge >= 0.3 is 0 Å². The van der Waals surface area contributed by atoms with Crippen molar-refractivity contribution in [2.75, 3.05) is 24.7 Å². The van der Waals surface area contributed by atoms with Crippen molar-refractivity contribution in [2.45, 2.75) is 24.7 Å². The van der Waals surface area contributed by atoms with E-state index in [0.29, 0.717) is 0 Å². The Morgan fingerprint density at radius 1 is 1.41 bits per heavy atom. The fourth-order valence-electron chi connectivity index (χ4n) is 2.16. The topological polar surface area (TPSA) is 12.5 Å². The molecule has 1 aliphatic rings. The molecular weight excluding hydrogens is 346 g/mol. The van der Waals surface area contributed by atoms with Crippen molar-refractivity contribution < 1.29 is 4.74 Å². The molecule has 1 aliphatic heterocycles. The molecule has 0 saturated carbocycles. The number of halogens is 2. The zero-order chi connectivity index (χ0) is 12.5. The molecule has 2 rings (SSSR count). The van der Waals surface area contributed by atoms with Gasteiger partial charge in [0.25, 0.3) is 0 Å². The predicted octanol–water partition coefficient (Wildman–Crippen LogP) is 3.96. The van der Waals surface area contributed by atoms with Gasteiger partial charge in [-0.2, -0.15) is 0 Å². The van der Waals surface area contributed by atoms with E-state index >= 15 is 0 Å². The van der Waals surface area contributed by atoms with Crippen LogP contribution in [0.4, 0.5) is 5.69 Å². The van der Waals surface area contributed by atoms with Crippen molar-refractivity contribution in [2.24, 2.45) is 0 Å². The molecule has 0 radical (unpaired) electrons. The highest BCUT2D eigenvalue weighted by Gasteiger charge is 2.31. The zero-order valence-electron chi connectivity index (χ0n) is 10.2. The number of hydrogen-bond acceptors (Lipinski definition) is 2. The minimum atomic E-state index is 0.0523. The number of nitrogens with zero attached hydrogens (tertiary/aromatic N) is 1. The number of anilines is 1. The van der Waals surface area contributed by atoms with Crippen LogP contribution in [-0.4, -0.2) is 25.3 Å². The molecule has 0 amide bonds. The maximum atomic E-state index is 5.56. The molecule has 0 N–H and O–H groups in total. The van der Waals surface area contributed by atoms with Crippen molar-refractivity contribution in [3.8, 4) is 0 Å². The molecule has 94 valence electrons. The second kappa shape index (κ2) is 5.29. The molecule has 4 heteroatoms. The normalized spacial score (nSPS) is 19.4. The Morgan fingerprint density at radius 3 is 2.76 bits per heavy atom. The Balaban J connectivity index is 2.32. The van der Waals surface area contributed by atoms with Crippen molar-refractivity contribution in [3.05, 3.63) is 28.2 Å². The van der Waals surface area contributed by atoms with Gasteiger partial charge in [-0.05, 0) is 47.5 Å². The lowest BCUT2D eigenvalue weighted by Gasteiger charge is -2.44. The summed E-state index contributed by atoms with van der Waals surface area (Å²) in [6, 6.07) is 6.53. The van der Waals surface area contributed by atoms with Gasteiger partial charge in [0, 0.05) is 16.3 Å². The third-order valence-electron chi connectivity index (χ3n) is 3.10. The summed E-state index contributed by atoms with van der Waals surface area (Å²) in [4.78, 5) is 2.42. The van der Waals surface area contributed by atoms with Crippen LogP contribution in [0, 0.1) is 0 Å². The lowest BCUT2D eigenvalue weighted by atomic mass is 10.0. The van der Waals surface area contributed by atoms with Crippen LogP contribution >= 0.6 is 31.9 Å². The third-order valence-corrected chi connectivity index (χ3v) is 4.39. The molecule has 0 bridgehead atoms. The molecule has 1 aromatic rings. The molecule has 0 aliphatic carbocycles. The van der Waals surface area contributed by atoms with E-state index in [0.717, 1.165) is 29.6 Å². The van der Waals surface area contributed by atoms with E-state index in [2.05, 4.69) is 68.8 Å². The first-order valence-corrected chi connectivity index (χ1v) is 7.66. The van der Waals surface area contributed by atoms with E-state index in [-0.39, 0.29) is 5.54 Å². The Labute approximate surface area is 120 Å². The zero-order valence-corrected chi connectivity index (χ0v) is 13.3. The summed E-state index contributed by atoms with van der Waals surface area (Å²) in [7, 11) is 0. The number of benzene rings is 1. The highest BCUT2D eigenvalue weighted by Crippen LogP contribution is 2.34. The minimum absolute atomic E-state index is 0.0523. The molecule has 0 atom stereocenters. The highest BCUT2D eigenvalue weighted by molar-refractivity contribution is 9.10. The van der Waals surface area contributed by atoms with Crippen molar-refractivity contribution in [1.82, 2.24) is 0 Å². The second-order valence-electron chi connectivity index (χ2n) is 4.94. The fraction of sp³-hybridized carbons (Fsp3) is 0.538. The first kappa shape index (κ1) is 13.4. The van der Waals surface area contributed by atoms with E-state index in [1.165, 1.54) is 11.3 Å². The fourth-order valence-corrected chi connectivity index (χ4v) is 3.15. The minimum Gasteiger partial charge on any atom is -0.377 e. The number of alkyl halides is 1. The molecule has 17 heavy (non-hydrogen) atoms. The molecule has 1 saturated heterocycles. The Hall–Kier alpha value is -0.0600. The summed E-state index contributed by atoms with van der Waals surface area (Å²) < 4.78 is 6.71. The molecular formula is C13H17Br2NO. The van der Waals surface area contributed by atoms with Crippen LogP contribution in [0.5, 0.6) is 0 Å². The van der Waals surface area contributed by atoms with Crippen LogP contribution in [0.15, 0.2) is 22.7 Å². The third kappa shape index (κ3) is 2.85. The number of rotatable bonds is 2. The maximum Gasteiger partial charge on any atom is 0.0694 e. The number of hydrogen-bond donors (Lipinski definition) is 0. The van der Waals surface area contributed by atoms with Crippen LogP contribution in [-0.2, 0) is 10.1 Å². The summed E-state index contributed by atoms with van der Waals surface area (Å²) in [6.07, 6.45) is 0. The summed E-state index contributed by atoms with van der Waals surface area (Å²) in [5.74, 6) is 0. The molecule has 0 spiro atoms. The van der Waals surface area contributed by atoms with Gasteiger partial charge in [0.1, 0.15) is 0 Å². The van der Waals surface area contributed by atoms with E-state index in [4.69, 9.17) is 4.74 Å². The molecule has 2 nitrogen and oxygen atoms in total. The quantitative estimate of drug-likeness (QED) is 0.738. The smallest absolute Gasteiger partial charge is 0.0694 e. The first-order chi connectivity index (χ1) is 8.04. The summed E-state index contributed by atoms with van der Waals surface area (Å²) in [5.41, 5.74) is 2.59. The summed E-state index contributed by atoms with van der Waals surface area (Å²) in [5, 5.41) is 0.887. The van der Waals surface area contributed by atoms with E-state index < -0.39 is 0 Å². The van der Waals surface area contributed by atoms with Crippen LogP contribution in [0.25, 0.3) is 0 Å². The van der Waals surface area contributed by atoms with E-state index in [1.54, 1.807) is 0 Å². The van der Waals surface area contributed by atoms with Crippen molar-refractivity contribution in [1.29, 1.82) is 0 Å². The lowest BCUT2D eigenvalue weighted by Crippen LogP contribution is -2.53. The summed E-state index contributed by atoms with van der Waals surface area (Å²) >= 11 is 7.15. The van der Waals surface area contributed by atoms with Crippen LogP contribution in [0.2, 0.25) is 0 Å². The van der Waals surface area contributed by atoms with E-state index in [9.17, 15) is 0 Å². The molecule has 0 unspecified atom stereocenters. The average Bonchev–Trinajstić information content (AvgIpc) is 2.29. The Kier molecular flexibility index (Phi) is 4.16. The number of morpholine rings is 1. The number of ether oxygens (including phenoxy) is 1. The molecule has 0 aromatic heterocycles. The largest absolute Gasteiger partial charge is 0.377 e. The van der Waals surface area contributed by atoms with E-state index in [1.807, 2.05) is 0 Å². The van der Waals surface area contributed by atoms with Gasteiger partial charge in [-0.1, -0.05) is 22.0 Å². The maximum absolute atomic E-state index is 5.56. The summed E-state index contributed by atoms with van der Waals surface area (Å²) in [6.45, 7) is 6.96.